The smallest absolute Gasteiger partial charge is 0.248 e. The Morgan fingerprint density at radius 3 is 3.04 bits per heavy atom. The van der Waals surface area contributed by atoms with Gasteiger partial charge in [-0.25, -0.2) is 4.98 Å². The highest BCUT2D eigenvalue weighted by molar-refractivity contribution is 5.77. The van der Waals surface area contributed by atoms with Crippen LogP contribution in [0.3, 0.4) is 0 Å². The number of aryl methyl sites for hydroxylation is 1. The van der Waals surface area contributed by atoms with Crippen LogP contribution in [0.2, 0.25) is 0 Å². The van der Waals surface area contributed by atoms with Crippen LogP contribution in [0.4, 0.5) is 0 Å². The van der Waals surface area contributed by atoms with Crippen LogP contribution in [0, 0.1) is 5.41 Å². The van der Waals surface area contributed by atoms with Crippen molar-refractivity contribution in [2.24, 2.45) is 12.5 Å². The summed E-state index contributed by atoms with van der Waals surface area (Å²) in [6, 6.07) is 0. The highest BCUT2D eigenvalue weighted by Crippen LogP contribution is 2.34. The molecule has 1 aromatic heterocycles. The van der Waals surface area contributed by atoms with Gasteiger partial charge >= 0.3 is 0 Å². The number of carbonyl (C=O) groups is 1. The molecular formula is C17H28N4O3. The third-order valence-electron chi connectivity index (χ3n) is 5.03. The first kappa shape index (κ1) is 17.4. The number of carbonyl (C=O) groups excluding carboxylic acids is 1. The van der Waals surface area contributed by atoms with Crippen molar-refractivity contribution in [2.75, 3.05) is 52.6 Å². The van der Waals surface area contributed by atoms with Gasteiger partial charge in [0.05, 0.1) is 19.8 Å². The summed E-state index contributed by atoms with van der Waals surface area (Å²) in [5, 5.41) is 0. The summed E-state index contributed by atoms with van der Waals surface area (Å²) in [5.41, 5.74) is 0.0313. The average molecular weight is 336 g/mol. The number of hydrogen-bond acceptors (Lipinski definition) is 5. The summed E-state index contributed by atoms with van der Waals surface area (Å²) in [4.78, 5) is 21.1. The normalized spacial score (nSPS) is 25.3. The van der Waals surface area contributed by atoms with E-state index in [2.05, 4.69) is 14.5 Å². The van der Waals surface area contributed by atoms with Gasteiger partial charge in [-0.05, 0) is 19.9 Å². The molecule has 0 aliphatic carbocycles. The maximum atomic E-state index is 12.4. The zero-order valence-electron chi connectivity index (χ0n) is 14.7. The predicted octanol–water partition coefficient (Wildman–Crippen LogP) is 0.508. The van der Waals surface area contributed by atoms with Crippen LogP contribution in [0.25, 0.3) is 0 Å². The summed E-state index contributed by atoms with van der Waals surface area (Å²) in [7, 11) is 2.02. The van der Waals surface area contributed by atoms with E-state index in [0.717, 1.165) is 45.0 Å². The maximum absolute atomic E-state index is 12.4. The summed E-state index contributed by atoms with van der Waals surface area (Å²) in [6.45, 7) is 8.21. The lowest BCUT2D eigenvalue weighted by atomic mass is 9.87. The van der Waals surface area contributed by atoms with Crippen LogP contribution in [-0.4, -0.2) is 77.9 Å². The first-order valence-corrected chi connectivity index (χ1v) is 8.74. The molecule has 1 atom stereocenters. The number of ether oxygens (including phenoxy) is 2. The van der Waals surface area contributed by atoms with Crippen molar-refractivity contribution >= 4 is 5.91 Å². The van der Waals surface area contributed by atoms with E-state index in [1.54, 1.807) is 0 Å². The Hall–Kier alpha value is -1.44. The molecule has 2 aliphatic heterocycles. The second-order valence-electron chi connectivity index (χ2n) is 6.92. The van der Waals surface area contributed by atoms with E-state index in [4.69, 9.17) is 9.47 Å². The van der Waals surface area contributed by atoms with Gasteiger partial charge in [0.1, 0.15) is 12.4 Å². The zero-order chi connectivity index (χ0) is 17.0. The molecule has 1 aromatic rings. The zero-order valence-corrected chi connectivity index (χ0v) is 14.7. The van der Waals surface area contributed by atoms with Crippen molar-refractivity contribution in [1.29, 1.82) is 0 Å². The van der Waals surface area contributed by atoms with E-state index in [9.17, 15) is 4.79 Å². The third-order valence-corrected chi connectivity index (χ3v) is 5.03. The van der Waals surface area contributed by atoms with Gasteiger partial charge in [-0.15, -0.1) is 0 Å². The molecule has 1 spiro atoms. The summed E-state index contributed by atoms with van der Waals surface area (Å²) in [5.74, 6) is 1.15. The minimum absolute atomic E-state index is 0.0313. The number of likely N-dealkylation sites (tertiary alicyclic amines) is 1. The number of nitrogens with zero attached hydrogens (tertiary/aromatic N) is 4. The number of amides is 1. The van der Waals surface area contributed by atoms with E-state index < -0.39 is 0 Å². The molecule has 0 radical (unpaired) electrons. The Balaban J connectivity index is 1.61. The monoisotopic (exact) mass is 336 g/mol. The summed E-state index contributed by atoms with van der Waals surface area (Å²) in [6.07, 6.45) is 4.87. The molecule has 2 fully saturated rings. The quantitative estimate of drug-likeness (QED) is 0.784. The highest BCUT2D eigenvalue weighted by Gasteiger charge is 2.42. The van der Waals surface area contributed by atoms with Crippen LogP contribution >= 0.6 is 0 Å². The lowest BCUT2D eigenvalue weighted by Crippen LogP contribution is -2.44. The molecule has 0 saturated carbocycles. The molecule has 3 rings (SSSR count). The number of imidazole rings is 1. The van der Waals surface area contributed by atoms with Crippen molar-refractivity contribution in [3.8, 4) is 0 Å². The Morgan fingerprint density at radius 2 is 2.29 bits per heavy atom. The summed E-state index contributed by atoms with van der Waals surface area (Å²) >= 11 is 0. The second-order valence-corrected chi connectivity index (χ2v) is 6.92. The fourth-order valence-corrected chi connectivity index (χ4v) is 3.64. The minimum Gasteiger partial charge on any atom is -0.379 e. The van der Waals surface area contributed by atoms with Crippen LogP contribution in [0.5, 0.6) is 0 Å². The van der Waals surface area contributed by atoms with Gasteiger partial charge in [-0.2, -0.15) is 0 Å². The Bertz CT molecular complexity index is 562. The molecule has 0 N–H and O–H groups in total. The lowest BCUT2D eigenvalue weighted by molar-refractivity contribution is -0.137. The Labute approximate surface area is 143 Å². The molecule has 134 valence electrons. The van der Waals surface area contributed by atoms with Gasteiger partial charge < -0.3 is 18.9 Å². The lowest BCUT2D eigenvalue weighted by Gasteiger charge is -2.32. The van der Waals surface area contributed by atoms with Gasteiger partial charge in [-0.3, -0.25) is 9.69 Å². The van der Waals surface area contributed by atoms with Crippen LogP contribution in [0.15, 0.2) is 12.4 Å². The van der Waals surface area contributed by atoms with Gasteiger partial charge in [0.25, 0.3) is 0 Å². The first-order chi connectivity index (χ1) is 11.6. The SMILES string of the molecule is CCOCC(=O)N1CCOCC2(CCN(Cc3nccn3C)C2)C1. The molecule has 1 amide bonds. The molecule has 7 nitrogen and oxygen atoms in total. The van der Waals surface area contributed by atoms with E-state index in [0.29, 0.717) is 19.8 Å². The maximum Gasteiger partial charge on any atom is 0.248 e. The van der Waals surface area contributed by atoms with Gasteiger partial charge in [0.2, 0.25) is 5.91 Å². The van der Waals surface area contributed by atoms with Crippen molar-refractivity contribution in [2.45, 2.75) is 19.9 Å². The summed E-state index contributed by atoms with van der Waals surface area (Å²) < 4.78 is 13.2. The van der Waals surface area contributed by atoms with E-state index in [1.165, 1.54) is 0 Å². The molecule has 2 aliphatic rings. The molecule has 7 heteroatoms. The topological polar surface area (TPSA) is 59.8 Å². The van der Waals surface area contributed by atoms with Crippen LogP contribution < -0.4 is 0 Å². The number of aromatic nitrogens is 2. The van der Waals surface area contributed by atoms with Gasteiger partial charge in [0.15, 0.2) is 0 Å². The van der Waals surface area contributed by atoms with E-state index >= 15 is 0 Å². The van der Waals surface area contributed by atoms with E-state index in [-0.39, 0.29) is 17.9 Å². The minimum atomic E-state index is 0.0313. The number of hydrogen-bond donors (Lipinski definition) is 0. The standard InChI is InChI=1S/C17H28N4O3/c1-3-23-11-16(22)21-8-9-24-14-17(13-21)4-6-20(12-17)10-15-18-5-7-19(15)2/h5,7H,3-4,6,8-14H2,1-2H3. The first-order valence-electron chi connectivity index (χ1n) is 8.74. The fourth-order valence-electron chi connectivity index (χ4n) is 3.64. The predicted molar refractivity (Wildman–Crippen MR) is 89.4 cm³/mol. The molecule has 0 aromatic carbocycles. The van der Waals surface area contributed by atoms with Crippen molar-refractivity contribution in [1.82, 2.24) is 19.4 Å². The average Bonchev–Trinajstić information content (AvgIpc) is 3.08. The largest absolute Gasteiger partial charge is 0.379 e. The Kier molecular flexibility index (Phi) is 5.53. The molecule has 24 heavy (non-hydrogen) atoms. The van der Waals surface area contributed by atoms with Gasteiger partial charge in [-0.1, -0.05) is 0 Å². The molecular weight excluding hydrogens is 308 g/mol. The van der Waals surface area contributed by atoms with Crippen molar-refractivity contribution in [3.63, 3.8) is 0 Å². The number of rotatable bonds is 5. The third kappa shape index (κ3) is 3.96. The van der Waals surface area contributed by atoms with E-state index in [1.807, 2.05) is 31.3 Å². The molecule has 3 heterocycles. The van der Waals surface area contributed by atoms with Gasteiger partial charge in [0, 0.05) is 51.1 Å². The molecule has 2 saturated heterocycles. The Morgan fingerprint density at radius 1 is 1.42 bits per heavy atom. The van der Waals surface area contributed by atoms with Crippen molar-refractivity contribution < 1.29 is 14.3 Å². The van der Waals surface area contributed by atoms with Crippen LogP contribution in [-0.2, 0) is 27.9 Å². The second kappa shape index (κ2) is 7.63. The van der Waals surface area contributed by atoms with Crippen molar-refractivity contribution in [3.05, 3.63) is 18.2 Å². The fraction of sp³-hybridized carbons (Fsp3) is 0.765. The molecule has 0 bridgehead atoms. The van der Waals surface area contributed by atoms with Crippen LogP contribution in [0.1, 0.15) is 19.2 Å². The highest BCUT2D eigenvalue weighted by atomic mass is 16.5. The molecule has 1 unspecified atom stereocenters.